The lowest BCUT2D eigenvalue weighted by molar-refractivity contribution is -0.186. The highest BCUT2D eigenvalue weighted by atomic mass is 19.4. The second-order valence-electron chi connectivity index (χ2n) is 5.62. The number of nitrogens with zero attached hydrogens (tertiary/aromatic N) is 1. The van der Waals surface area contributed by atoms with E-state index in [1.165, 1.54) is 0 Å². The van der Waals surface area contributed by atoms with E-state index < -0.39 is 18.0 Å². The number of ether oxygens (including phenoxy) is 2. The molecule has 9 heteroatoms. The Balaban J connectivity index is 1.55. The molecule has 2 aliphatic rings. The van der Waals surface area contributed by atoms with Gasteiger partial charge in [-0.2, -0.15) is 13.2 Å². The molecule has 0 spiro atoms. The zero-order valence-electron chi connectivity index (χ0n) is 12.6. The zero-order valence-corrected chi connectivity index (χ0v) is 12.6. The molecular formula is C15H15F3N2O4. The first-order chi connectivity index (χ1) is 11.3. The SMILES string of the molecule is O=C(Nc1ccc2c(c1)OCO2)C1CCN(C(=O)C(F)(F)F)CC1. The number of benzene rings is 1. The number of halogens is 3. The van der Waals surface area contributed by atoms with Crippen LogP contribution in [0.4, 0.5) is 18.9 Å². The van der Waals surface area contributed by atoms with Gasteiger partial charge in [0.15, 0.2) is 11.5 Å². The van der Waals surface area contributed by atoms with Crippen LogP contribution in [0.1, 0.15) is 12.8 Å². The van der Waals surface area contributed by atoms with Gasteiger partial charge in [0, 0.05) is 30.8 Å². The lowest BCUT2D eigenvalue weighted by Gasteiger charge is -2.31. The number of alkyl halides is 3. The highest BCUT2D eigenvalue weighted by Crippen LogP contribution is 2.34. The number of hydrogen-bond acceptors (Lipinski definition) is 4. The Bertz CT molecular complexity index is 655. The van der Waals surface area contributed by atoms with Gasteiger partial charge < -0.3 is 19.7 Å². The second kappa shape index (κ2) is 6.21. The van der Waals surface area contributed by atoms with Crippen molar-refractivity contribution in [1.82, 2.24) is 4.90 Å². The topological polar surface area (TPSA) is 67.9 Å². The molecule has 24 heavy (non-hydrogen) atoms. The number of carbonyl (C=O) groups is 2. The van der Waals surface area contributed by atoms with Gasteiger partial charge in [0.05, 0.1) is 0 Å². The zero-order chi connectivity index (χ0) is 17.3. The van der Waals surface area contributed by atoms with Crippen molar-refractivity contribution in [2.75, 3.05) is 25.2 Å². The Hall–Kier alpha value is -2.45. The minimum absolute atomic E-state index is 0.0857. The average Bonchev–Trinajstić information content (AvgIpc) is 3.01. The molecule has 1 saturated heterocycles. The van der Waals surface area contributed by atoms with Crippen LogP contribution in [0, 0.1) is 5.92 Å². The molecule has 0 aliphatic carbocycles. The van der Waals surface area contributed by atoms with Crippen LogP contribution in [0.5, 0.6) is 11.5 Å². The van der Waals surface area contributed by atoms with E-state index in [9.17, 15) is 22.8 Å². The van der Waals surface area contributed by atoms with E-state index in [-0.39, 0.29) is 38.6 Å². The monoisotopic (exact) mass is 344 g/mol. The molecule has 1 aromatic rings. The van der Waals surface area contributed by atoms with Gasteiger partial charge >= 0.3 is 12.1 Å². The molecule has 1 N–H and O–H groups in total. The third-order valence-corrected chi connectivity index (χ3v) is 4.04. The number of hydrogen-bond donors (Lipinski definition) is 1. The molecule has 0 saturated carbocycles. The van der Waals surface area contributed by atoms with Crippen LogP contribution in [0.3, 0.4) is 0 Å². The van der Waals surface area contributed by atoms with E-state index in [2.05, 4.69) is 5.32 Å². The summed E-state index contributed by atoms with van der Waals surface area (Å²) in [5.74, 6) is -1.46. The number of piperidine rings is 1. The Kier molecular flexibility index (Phi) is 4.25. The maximum absolute atomic E-state index is 12.4. The van der Waals surface area contributed by atoms with Crippen molar-refractivity contribution in [1.29, 1.82) is 0 Å². The van der Waals surface area contributed by atoms with Crippen LogP contribution >= 0.6 is 0 Å². The fourth-order valence-electron chi connectivity index (χ4n) is 2.74. The van der Waals surface area contributed by atoms with Gasteiger partial charge in [-0.1, -0.05) is 0 Å². The lowest BCUT2D eigenvalue weighted by Crippen LogP contribution is -2.46. The number of anilines is 1. The third-order valence-electron chi connectivity index (χ3n) is 4.04. The minimum atomic E-state index is -4.87. The maximum Gasteiger partial charge on any atom is 0.471 e. The summed E-state index contributed by atoms with van der Waals surface area (Å²) in [4.78, 5) is 24.1. The van der Waals surface area contributed by atoms with Crippen molar-refractivity contribution in [3.05, 3.63) is 18.2 Å². The van der Waals surface area contributed by atoms with Crippen molar-refractivity contribution in [2.45, 2.75) is 19.0 Å². The van der Waals surface area contributed by atoms with E-state index in [0.29, 0.717) is 17.2 Å². The summed E-state index contributed by atoms with van der Waals surface area (Å²) in [7, 11) is 0. The maximum atomic E-state index is 12.4. The van der Waals surface area contributed by atoms with Gasteiger partial charge in [-0.3, -0.25) is 9.59 Å². The normalized spacial score (nSPS) is 17.7. The Morgan fingerprint density at radius 3 is 2.46 bits per heavy atom. The molecular weight excluding hydrogens is 329 g/mol. The fourth-order valence-corrected chi connectivity index (χ4v) is 2.74. The van der Waals surface area contributed by atoms with Crippen molar-refractivity contribution in [2.24, 2.45) is 5.92 Å². The van der Waals surface area contributed by atoms with Crippen LogP contribution in [0.15, 0.2) is 18.2 Å². The molecule has 0 bridgehead atoms. The molecule has 0 aromatic heterocycles. The van der Waals surface area contributed by atoms with Crippen molar-refractivity contribution in [3.8, 4) is 11.5 Å². The molecule has 3 rings (SSSR count). The standard InChI is InChI=1S/C15H15F3N2O4/c16-15(17,18)14(22)20-5-3-9(4-6-20)13(21)19-10-1-2-11-12(7-10)24-8-23-11/h1-2,7,9H,3-6,8H2,(H,19,21). The first-order valence-electron chi connectivity index (χ1n) is 7.41. The van der Waals surface area contributed by atoms with E-state index >= 15 is 0 Å². The molecule has 2 heterocycles. The van der Waals surface area contributed by atoms with Crippen LogP contribution in [0.25, 0.3) is 0 Å². The molecule has 1 aromatic carbocycles. The molecule has 130 valence electrons. The molecule has 2 aliphatic heterocycles. The van der Waals surface area contributed by atoms with Crippen molar-refractivity contribution in [3.63, 3.8) is 0 Å². The van der Waals surface area contributed by atoms with Crippen LogP contribution < -0.4 is 14.8 Å². The van der Waals surface area contributed by atoms with Gasteiger partial charge in [0.25, 0.3) is 0 Å². The fraction of sp³-hybridized carbons (Fsp3) is 0.467. The first-order valence-corrected chi connectivity index (χ1v) is 7.41. The Labute approximate surface area is 135 Å². The smallest absolute Gasteiger partial charge is 0.454 e. The van der Waals surface area contributed by atoms with Crippen molar-refractivity contribution >= 4 is 17.5 Å². The number of carbonyl (C=O) groups excluding carboxylic acids is 2. The Morgan fingerprint density at radius 1 is 1.12 bits per heavy atom. The molecule has 1 fully saturated rings. The summed E-state index contributed by atoms with van der Waals surface area (Å²) in [5.41, 5.74) is 0.526. The van der Waals surface area contributed by atoms with Gasteiger partial charge in [0.1, 0.15) is 0 Å². The largest absolute Gasteiger partial charge is 0.471 e. The van der Waals surface area contributed by atoms with E-state index in [1.54, 1.807) is 18.2 Å². The molecule has 0 unspecified atom stereocenters. The third kappa shape index (κ3) is 3.39. The van der Waals surface area contributed by atoms with Gasteiger partial charge in [0.2, 0.25) is 12.7 Å². The molecule has 0 radical (unpaired) electrons. The number of fused-ring (bicyclic) bond motifs is 1. The quantitative estimate of drug-likeness (QED) is 0.893. The number of likely N-dealkylation sites (tertiary alicyclic amines) is 1. The predicted octanol–water partition coefficient (Wildman–Crippen LogP) is 2.15. The van der Waals surface area contributed by atoms with E-state index in [4.69, 9.17) is 9.47 Å². The van der Waals surface area contributed by atoms with E-state index in [1.807, 2.05) is 0 Å². The highest BCUT2D eigenvalue weighted by molar-refractivity contribution is 5.93. The summed E-state index contributed by atoms with van der Waals surface area (Å²) in [5, 5.41) is 2.72. The predicted molar refractivity (Wildman–Crippen MR) is 76.6 cm³/mol. The van der Waals surface area contributed by atoms with Crippen molar-refractivity contribution < 1.29 is 32.2 Å². The second-order valence-corrected chi connectivity index (χ2v) is 5.62. The highest BCUT2D eigenvalue weighted by Gasteiger charge is 2.43. The average molecular weight is 344 g/mol. The summed E-state index contributed by atoms with van der Waals surface area (Å²) in [6, 6.07) is 4.96. The number of rotatable bonds is 2. The summed E-state index contributed by atoms with van der Waals surface area (Å²) in [6.07, 6.45) is -4.49. The molecule has 0 atom stereocenters. The summed E-state index contributed by atoms with van der Waals surface area (Å²) in [6.45, 7) is -0.0481. The first kappa shape index (κ1) is 16.4. The van der Waals surface area contributed by atoms with Gasteiger partial charge in [-0.25, -0.2) is 0 Å². The lowest BCUT2D eigenvalue weighted by atomic mass is 9.95. The van der Waals surface area contributed by atoms with Crippen LogP contribution in [-0.4, -0.2) is 42.8 Å². The summed E-state index contributed by atoms with van der Waals surface area (Å²) < 4.78 is 47.6. The van der Waals surface area contributed by atoms with Gasteiger partial charge in [-0.05, 0) is 25.0 Å². The van der Waals surface area contributed by atoms with Crippen LogP contribution in [0.2, 0.25) is 0 Å². The molecule has 2 amide bonds. The Morgan fingerprint density at radius 2 is 1.79 bits per heavy atom. The molecule has 6 nitrogen and oxygen atoms in total. The summed E-state index contributed by atoms with van der Waals surface area (Å²) >= 11 is 0. The van der Waals surface area contributed by atoms with Gasteiger partial charge in [-0.15, -0.1) is 0 Å². The minimum Gasteiger partial charge on any atom is -0.454 e. The number of amides is 2. The van der Waals surface area contributed by atoms with E-state index in [0.717, 1.165) is 4.90 Å². The number of nitrogens with one attached hydrogen (secondary N) is 1. The van der Waals surface area contributed by atoms with Crippen LogP contribution in [-0.2, 0) is 9.59 Å².